The van der Waals surface area contributed by atoms with E-state index in [1.54, 1.807) is 25.3 Å². The smallest absolute Gasteiger partial charge is 0.494 e. The number of hydrazone groups is 1. The molecule has 4 aromatic carbocycles. The van der Waals surface area contributed by atoms with E-state index >= 15 is 0 Å². The largest absolute Gasteiger partial charge is 1.00 e. The monoisotopic (exact) mass is 603 g/mol. The van der Waals surface area contributed by atoms with Crippen molar-refractivity contribution < 1.29 is 51.7 Å². The number of hydrogen-bond acceptors (Lipinski definition) is 10. The maximum atomic E-state index is 13.1. The number of carbonyl (C=O) groups excluding carboxylic acids is 1. The van der Waals surface area contributed by atoms with Gasteiger partial charge in [-0.3, -0.25) is 5.43 Å². The summed E-state index contributed by atoms with van der Waals surface area (Å²) in [6, 6.07) is 26.9. The molecule has 0 saturated heterocycles. The van der Waals surface area contributed by atoms with Crippen molar-refractivity contribution in [3.05, 3.63) is 113 Å². The molecule has 0 bridgehead atoms. The fourth-order valence-electron chi connectivity index (χ4n) is 3.96. The molecule has 0 amide bonds. The summed E-state index contributed by atoms with van der Waals surface area (Å²) in [5.41, 5.74) is 10.4. The van der Waals surface area contributed by atoms with Gasteiger partial charge in [0.05, 0.1) is 30.0 Å². The fraction of sp³-hybridized carbons (Fsp3) is 0.0968. The number of methoxy groups -OCH3 is 1. The summed E-state index contributed by atoms with van der Waals surface area (Å²) in [6.45, 7) is 3.95. The number of rotatable bonds is 7. The number of carbonyl (C=O) groups is 1. The zero-order valence-electron chi connectivity index (χ0n) is 24.0. The summed E-state index contributed by atoms with van der Waals surface area (Å²) in [6.07, 6.45) is 4.77. The first-order valence-corrected chi connectivity index (χ1v) is 13.6. The number of fused-ring (bicyclic) bond motifs is 1. The summed E-state index contributed by atoms with van der Waals surface area (Å²) >= 11 is 0. The van der Waals surface area contributed by atoms with E-state index in [2.05, 4.69) is 32.1 Å². The van der Waals surface area contributed by atoms with Crippen molar-refractivity contribution in [2.75, 3.05) is 17.9 Å². The summed E-state index contributed by atoms with van der Waals surface area (Å²) in [5.74, 6) is 0.322. The Kier molecular flexibility index (Phi) is 12.1. The molecule has 1 aliphatic rings. The van der Waals surface area contributed by atoms with E-state index in [1.165, 1.54) is 0 Å². The molecule has 2 N–H and O–H groups in total. The van der Waals surface area contributed by atoms with Crippen LogP contribution in [0.5, 0.6) is 5.75 Å². The molecule has 0 heterocycles. The van der Waals surface area contributed by atoms with Crippen molar-refractivity contribution in [2.24, 2.45) is 15.3 Å². The average molecular weight is 604 g/mol. The van der Waals surface area contributed by atoms with Gasteiger partial charge in [-0.15, -0.1) is 18.2 Å². The van der Waals surface area contributed by atoms with E-state index in [0.717, 1.165) is 33.8 Å². The third kappa shape index (κ3) is 9.29. The van der Waals surface area contributed by atoms with Gasteiger partial charge in [-0.25, -0.2) is 0 Å². The van der Waals surface area contributed by atoms with Gasteiger partial charge in [-0.1, -0.05) is 53.6 Å². The van der Waals surface area contributed by atoms with Crippen LogP contribution in [0.2, 0.25) is 0 Å². The molecule has 0 aliphatic heterocycles. The van der Waals surface area contributed by atoms with Crippen LogP contribution < -0.4 is 45.0 Å². The number of nitrogens with zero attached hydrogens (tertiary/aromatic N) is 3. The third-order valence-corrected chi connectivity index (χ3v) is 6.05. The minimum Gasteiger partial charge on any atom is -0.494 e. The van der Waals surface area contributed by atoms with E-state index in [0.29, 0.717) is 22.7 Å². The van der Waals surface area contributed by atoms with Gasteiger partial charge in [0, 0.05) is 23.2 Å². The molecular formula is C31H26N5NaO5S. The van der Waals surface area contributed by atoms with E-state index in [-0.39, 0.29) is 41.1 Å². The van der Waals surface area contributed by atoms with Gasteiger partial charge in [0.2, 0.25) is 0 Å². The molecule has 12 heteroatoms. The number of para-hydroxylation sites is 1. The Balaban J connectivity index is 0.000000954. The number of ether oxygens (including phenoxy) is 1. The SMILES string of the molecule is COc1cc(N=Nc2ccc(C)cc2)c(C)cc1N/N=C1/[C-]=Cc2cc(Nc3ccccc3)ccc2C1=O.O=S(=O)=O.[Na+]. The first kappa shape index (κ1) is 33.1. The molecule has 4 aromatic rings. The standard InChI is InChI=1S/C31H26N5O2.Na.O3S/c1-20-9-12-24(13-10-20)33-35-28-19-30(38-3)29(17-21(28)2)36-34-27-16-11-22-18-25(14-15-26(22)31(27)37)32-23-7-5-4-6-8-23;;1-4(2)3/h4-15,17-19,32,36H,1-3H3;;/q-1;+1;/b34-27-,35-33?;;. The van der Waals surface area contributed by atoms with Crippen LogP contribution in [0.3, 0.4) is 0 Å². The maximum absolute atomic E-state index is 13.1. The third-order valence-electron chi connectivity index (χ3n) is 6.05. The van der Waals surface area contributed by atoms with Crippen LogP contribution in [-0.2, 0) is 10.6 Å². The molecule has 0 spiro atoms. The molecule has 0 unspecified atom stereocenters. The number of anilines is 3. The molecule has 10 nitrogen and oxygen atoms in total. The minimum absolute atomic E-state index is 0. The minimum atomic E-state index is -3.11. The van der Waals surface area contributed by atoms with Crippen LogP contribution in [0, 0.1) is 19.9 Å². The van der Waals surface area contributed by atoms with Crippen LogP contribution in [0.1, 0.15) is 27.0 Å². The van der Waals surface area contributed by atoms with Gasteiger partial charge in [-0.05, 0) is 55.8 Å². The fourth-order valence-corrected chi connectivity index (χ4v) is 3.96. The van der Waals surface area contributed by atoms with Gasteiger partial charge >= 0.3 is 40.2 Å². The average Bonchev–Trinajstić information content (AvgIpc) is 2.97. The van der Waals surface area contributed by atoms with E-state index in [1.807, 2.05) is 86.6 Å². The van der Waals surface area contributed by atoms with Crippen molar-refractivity contribution >= 4 is 56.6 Å². The maximum Gasteiger partial charge on any atom is 1.00 e. The van der Waals surface area contributed by atoms with Gasteiger partial charge in [-0.2, -0.15) is 27.5 Å². The number of aryl methyl sites for hydroxylation is 2. The Morgan fingerprint density at radius 3 is 2.21 bits per heavy atom. The molecule has 5 rings (SSSR count). The zero-order valence-corrected chi connectivity index (χ0v) is 26.8. The Morgan fingerprint density at radius 2 is 1.53 bits per heavy atom. The predicted molar refractivity (Wildman–Crippen MR) is 162 cm³/mol. The summed E-state index contributed by atoms with van der Waals surface area (Å²) < 4.78 is 30.9. The molecule has 43 heavy (non-hydrogen) atoms. The first-order valence-electron chi connectivity index (χ1n) is 12.6. The van der Waals surface area contributed by atoms with Gasteiger partial charge in [0.15, 0.2) is 0 Å². The Hall–Kier alpha value is -4.42. The van der Waals surface area contributed by atoms with Crippen molar-refractivity contribution in [3.8, 4) is 5.75 Å². The van der Waals surface area contributed by atoms with E-state index < -0.39 is 10.6 Å². The molecule has 0 atom stereocenters. The molecule has 212 valence electrons. The normalized spacial score (nSPS) is 12.5. The van der Waals surface area contributed by atoms with Crippen LogP contribution in [-0.4, -0.2) is 31.2 Å². The summed E-state index contributed by atoms with van der Waals surface area (Å²) in [5, 5.41) is 16.4. The van der Waals surface area contributed by atoms with Crippen molar-refractivity contribution in [1.29, 1.82) is 0 Å². The first-order chi connectivity index (χ1) is 20.2. The number of ketones is 1. The van der Waals surface area contributed by atoms with Crippen LogP contribution in [0.25, 0.3) is 6.08 Å². The van der Waals surface area contributed by atoms with Gasteiger partial charge in [0.25, 0.3) is 0 Å². The van der Waals surface area contributed by atoms with Crippen LogP contribution in [0.15, 0.2) is 100 Å². The van der Waals surface area contributed by atoms with Gasteiger partial charge < -0.3 is 14.8 Å². The molecule has 0 aromatic heterocycles. The second kappa shape index (κ2) is 15.7. The number of benzene rings is 4. The molecular weight excluding hydrogens is 577 g/mol. The Labute approximate surface area is 273 Å². The van der Waals surface area contributed by atoms with Crippen LogP contribution in [0.4, 0.5) is 28.4 Å². The second-order valence-electron chi connectivity index (χ2n) is 9.06. The molecule has 0 saturated carbocycles. The quantitative estimate of drug-likeness (QED) is 0.141. The molecule has 0 radical (unpaired) electrons. The summed E-state index contributed by atoms with van der Waals surface area (Å²) in [7, 11) is -1.54. The number of allylic oxidation sites excluding steroid dienone is 1. The Bertz CT molecular complexity index is 1800. The van der Waals surface area contributed by atoms with E-state index in [9.17, 15) is 4.79 Å². The summed E-state index contributed by atoms with van der Waals surface area (Å²) in [4.78, 5) is 13.1. The number of Topliss-reactive ketones (excluding diaryl/α,β-unsaturated/α-hetero) is 1. The number of azo groups is 1. The van der Waals surface area contributed by atoms with E-state index in [4.69, 9.17) is 17.4 Å². The second-order valence-corrected chi connectivity index (χ2v) is 9.47. The van der Waals surface area contributed by atoms with Crippen molar-refractivity contribution in [3.63, 3.8) is 0 Å². The zero-order chi connectivity index (χ0) is 30.1. The van der Waals surface area contributed by atoms with Crippen LogP contribution >= 0.6 is 0 Å². The molecule has 0 fully saturated rings. The predicted octanol–water partition coefficient (Wildman–Crippen LogP) is 3.95. The topological polar surface area (TPSA) is 139 Å². The number of hydrogen-bond donors (Lipinski definition) is 2. The Morgan fingerprint density at radius 1 is 0.837 bits per heavy atom. The number of nitrogens with one attached hydrogen (secondary N) is 2. The van der Waals surface area contributed by atoms with Gasteiger partial charge in [0.1, 0.15) is 5.75 Å². The van der Waals surface area contributed by atoms with Crippen molar-refractivity contribution in [1.82, 2.24) is 0 Å². The van der Waals surface area contributed by atoms with Crippen molar-refractivity contribution in [2.45, 2.75) is 13.8 Å². The molecule has 1 aliphatic carbocycles.